The second-order valence-electron chi connectivity index (χ2n) is 9.09. The van der Waals surface area contributed by atoms with Crippen molar-refractivity contribution in [2.24, 2.45) is 0 Å². The summed E-state index contributed by atoms with van der Waals surface area (Å²) in [4.78, 5) is 21.8. The van der Waals surface area contributed by atoms with Gasteiger partial charge in [-0.1, -0.05) is 54.6 Å². The fraction of sp³-hybridized carbons (Fsp3) is 0.429. The summed E-state index contributed by atoms with van der Waals surface area (Å²) in [6.07, 6.45) is 11.8. The van der Waals surface area contributed by atoms with Crippen LogP contribution in [-0.2, 0) is 27.8 Å². The van der Waals surface area contributed by atoms with Crippen LogP contribution in [0.25, 0.3) is 0 Å². The molecule has 33 heavy (non-hydrogen) atoms. The molecule has 2 aliphatic rings. The summed E-state index contributed by atoms with van der Waals surface area (Å²) in [5, 5.41) is 15.6. The first kappa shape index (κ1) is 24.7. The Morgan fingerprint density at radius 1 is 0.848 bits per heavy atom. The standard InChI is InChI=1S/C24H31N.C4H4O4/c1-2-9-21(10-3-1)11-6-7-18-25-19-16-24(17-20-25)15-8-13-22-12-4-5-14-23(22)24;5-3(6)1-2-4(7)8/h1-5,9-10,12,14H,6-8,11,13,15-20H2;1-2H,(H,5,6)(H,7,8)/b;2-1+. The molecular formula is C28H35NO4. The molecule has 2 aromatic rings. The number of nitrogens with zero attached hydrogens (tertiary/aromatic N) is 1. The third-order valence-electron chi connectivity index (χ3n) is 6.90. The van der Waals surface area contributed by atoms with E-state index in [1.807, 2.05) is 0 Å². The van der Waals surface area contributed by atoms with Gasteiger partial charge in [0.2, 0.25) is 0 Å². The third-order valence-corrected chi connectivity index (χ3v) is 6.90. The van der Waals surface area contributed by atoms with Crippen molar-refractivity contribution in [1.82, 2.24) is 4.90 Å². The highest BCUT2D eigenvalue weighted by atomic mass is 16.4. The number of carboxylic acid groups (broad SMARTS) is 2. The number of likely N-dealkylation sites (tertiary alicyclic amines) is 1. The van der Waals surface area contributed by atoms with Crippen LogP contribution >= 0.6 is 0 Å². The van der Waals surface area contributed by atoms with E-state index in [-0.39, 0.29) is 0 Å². The molecule has 0 aromatic heterocycles. The lowest BCUT2D eigenvalue weighted by atomic mass is 9.65. The fourth-order valence-corrected chi connectivity index (χ4v) is 5.18. The molecule has 0 unspecified atom stereocenters. The van der Waals surface area contributed by atoms with Crippen LogP contribution in [0.15, 0.2) is 66.7 Å². The zero-order valence-electron chi connectivity index (χ0n) is 19.3. The third kappa shape index (κ3) is 7.57. The summed E-state index contributed by atoms with van der Waals surface area (Å²) in [6.45, 7) is 3.86. The Labute approximate surface area is 196 Å². The van der Waals surface area contributed by atoms with Crippen LogP contribution in [0.1, 0.15) is 55.2 Å². The smallest absolute Gasteiger partial charge is 0.328 e. The molecule has 176 valence electrons. The van der Waals surface area contributed by atoms with Crippen LogP contribution in [0, 0.1) is 0 Å². The van der Waals surface area contributed by atoms with Gasteiger partial charge in [-0.3, -0.25) is 0 Å². The van der Waals surface area contributed by atoms with E-state index in [4.69, 9.17) is 10.2 Å². The predicted octanol–water partition coefficient (Wildman–Crippen LogP) is 5.09. The van der Waals surface area contributed by atoms with E-state index in [0.717, 1.165) is 0 Å². The van der Waals surface area contributed by atoms with Crippen molar-refractivity contribution in [2.45, 2.75) is 56.8 Å². The average molecular weight is 450 g/mol. The number of carboxylic acids is 2. The number of hydrogen-bond donors (Lipinski definition) is 2. The molecule has 1 aliphatic heterocycles. The van der Waals surface area contributed by atoms with Crippen molar-refractivity contribution in [3.8, 4) is 0 Å². The molecule has 0 atom stereocenters. The number of carbonyl (C=O) groups is 2. The highest BCUT2D eigenvalue weighted by Gasteiger charge is 2.38. The maximum atomic E-state index is 9.55. The first-order valence-corrected chi connectivity index (χ1v) is 12.0. The number of fused-ring (bicyclic) bond motifs is 2. The van der Waals surface area contributed by atoms with Crippen molar-refractivity contribution in [2.75, 3.05) is 19.6 Å². The number of hydrogen-bond acceptors (Lipinski definition) is 3. The number of aliphatic carboxylic acids is 2. The lowest BCUT2D eigenvalue weighted by Crippen LogP contribution is -2.44. The average Bonchev–Trinajstić information content (AvgIpc) is 2.83. The molecule has 2 aromatic carbocycles. The maximum Gasteiger partial charge on any atom is 0.328 e. The van der Waals surface area contributed by atoms with Gasteiger partial charge in [-0.25, -0.2) is 9.59 Å². The minimum absolute atomic E-state index is 0.495. The van der Waals surface area contributed by atoms with E-state index in [2.05, 4.69) is 59.5 Å². The number of unbranched alkanes of at least 4 members (excludes halogenated alkanes) is 1. The Bertz CT molecular complexity index is 914. The highest BCUT2D eigenvalue weighted by Crippen LogP contribution is 2.44. The van der Waals surface area contributed by atoms with Crippen LogP contribution in [-0.4, -0.2) is 46.7 Å². The molecule has 0 saturated carbocycles. The quantitative estimate of drug-likeness (QED) is 0.455. The molecule has 5 nitrogen and oxygen atoms in total. The SMILES string of the molecule is O=C(O)/C=C/C(=O)O.c1ccc(CCCCN2CCC3(CCCc4ccccc43)CC2)cc1. The minimum Gasteiger partial charge on any atom is -0.478 e. The molecule has 1 fully saturated rings. The Morgan fingerprint density at radius 3 is 2.15 bits per heavy atom. The molecule has 2 N–H and O–H groups in total. The van der Waals surface area contributed by atoms with E-state index >= 15 is 0 Å². The van der Waals surface area contributed by atoms with Gasteiger partial charge in [-0.15, -0.1) is 0 Å². The number of rotatable bonds is 7. The fourth-order valence-electron chi connectivity index (χ4n) is 5.18. The van der Waals surface area contributed by atoms with E-state index in [9.17, 15) is 9.59 Å². The number of benzene rings is 2. The minimum atomic E-state index is -1.26. The van der Waals surface area contributed by atoms with Crippen LogP contribution in [0.5, 0.6) is 0 Å². The monoisotopic (exact) mass is 449 g/mol. The van der Waals surface area contributed by atoms with Gasteiger partial charge in [0.25, 0.3) is 0 Å². The molecule has 1 spiro atoms. The molecule has 0 amide bonds. The summed E-state index contributed by atoms with van der Waals surface area (Å²) in [6, 6.07) is 20.2. The van der Waals surface area contributed by atoms with Crippen molar-refractivity contribution < 1.29 is 19.8 Å². The molecule has 0 bridgehead atoms. The van der Waals surface area contributed by atoms with Crippen molar-refractivity contribution in [3.63, 3.8) is 0 Å². The van der Waals surface area contributed by atoms with Crippen LogP contribution in [0.3, 0.4) is 0 Å². The summed E-state index contributed by atoms with van der Waals surface area (Å²) >= 11 is 0. The summed E-state index contributed by atoms with van der Waals surface area (Å²) < 4.78 is 0. The van der Waals surface area contributed by atoms with Crippen molar-refractivity contribution in [3.05, 3.63) is 83.4 Å². The van der Waals surface area contributed by atoms with E-state index in [1.54, 1.807) is 11.1 Å². The number of piperidine rings is 1. The molecular weight excluding hydrogens is 414 g/mol. The number of aryl methyl sites for hydroxylation is 2. The Hall–Kier alpha value is -2.92. The lowest BCUT2D eigenvalue weighted by molar-refractivity contribution is -0.134. The Morgan fingerprint density at radius 2 is 1.48 bits per heavy atom. The maximum absolute atomic E-state index is 9.55. The first-order valence-electron chi connectivity index (χ1n) is 12.0. The summed E-state index contributed by atoms with van der Waals surface area (Å²) in [7, 11) is 0. The largest absolute Gasteiger partial charge is 0.478 e. The van der Waals surface area contributed by atoms with E-state index in [1.165, 1.54) is 76.6 Å². The van der Waals surface area contributed by atoms with Crippen molar-refractivity contribution in [1.29, 1.82) is 0 Å². The topological polar surface area (TPSA) is 77.8 Å². The van der Waals surface area contributed by atoms with Gasteiger partial charge in [-0.05, 0) is 93.1 Å². The normalized spacial score (nSPS) is 17.2. The van der Waals surface area contributed by atoms with Gasteiger partial charge in [-0.2, -0.15) is 0 Å². The van der Waals surface area contributed by atoms with E-state index < -0.39 is 11.9 Å². The van der Waals surface area contributed by atoms with Gasteiger partial charge in [0, 0.05) is 12.2 Å². The lowest BCUT2D eigenvalue weighted by Gasteiger charge is -2.45. The van der Waals surface area contributed by atoms with Gasteiger partial charge in [0.05, 0.1) is 0 Å². The van der Waals surface area contributed by atoms with Gasteiger partial charge >= 0.3 is 11.9 Å². The molecule has 1 heterocycles. The van der Waals surface area contributed by atoms with Crippen LogP contribution in [0.2, 0.25) is 0 Å². The molecule has 5 heteroatoms. The zero-order chi connectivity index (χ0) is 23.5. The van der Waals surface area contributed by atoms with E-state index in [0.29, 0.717) is 17.6 Å². The Kier molecular flexibility index (Phi) is 9.25. The molecule has 1 saturated heterocycles. The summed E-state index contributed by atoms with van der Waals surface area (Å²) in [5.41, 5.74) is 5.30. The van der Waals surface area contributed by atoms with Crippen LogP contribution in [0.4, 0.5) is 0 Å². The van der Waals surface area contributed by atoms with Gasteiger partial charge in [0.15, 0.2) is 0 Å². The molecule has 4 rings (SSSR count). The van der Waals surface area contributed by atoms with Gasteiger partial charge in [0.1, 0.15) is 0 Å². The Balaban J connectivity index is 0.000000331. The molecule has 0 radical (unpaired) electrons. The summed E-state index contributed by atoms with van der Waals surface area (Å²) in [5.74, 6) is -2.51. The zero-order valence-corrected chi connectivity index (χ0v) is 19.3. The second-order valence-corrected chi connectivity index (χ2v) is 9.09. The first-order chi connectivity index (χ1) is 16.0. The van der Waals surface area contributed by atoms with Crippen LogP contribution < -0.4 is 0 Å². The van der Waals surface area contributed by atoms with Crippen molar-refractivity contribution >= 4 is 11.9 Å². The molecule has 1 aliphatic carbocycles. The predicted molar refractivity (Wildman–Crippen MR) is 131 cm³/mol. The van der Waals surface area contributed by atoms with Gasteiger partial charge < -0.3 is 15.1 Å². The second kappa shape index (κ2) is 12.4. The highest BCUT2D eigenvalue weighted by molar-refractivity contribution is 5.89.